The van der Waals surface area contributed by atoms with Crippen LogP contribution in [0.4, 0.5) is 4.79 Å². The number of fused-ring (bicyclic) bond motifs is 1. The lowest BCUT2D eigenvalue weighted by Gasteiger charge is -2.11. The number of pyridine rings is 1. The van der Waals surface area contributed by atoms with Crippen molar-refractivity contribution in [2.75, 3.05) is 7.05 Å². The molecule has 1 N–H and O–H groups in total. The number of thioether (sulfide) groups is 1. The van der Waals surface area contributed by atoms with Crippen molar-refractivity contribution in [2.24, 2.45) is 0 Å². The van der Waals surface area contributed by atoms with Crippen molar-refractivity contribution in [3.8, 4) is 11.5 Å². The first-order valence-corrected chi connectivity index (χ1v) is 10.2. The molecule has 0 radical (unpaired) electrons. The number of hydrogen-bond acceptors (Lipinski definition) is 6. The Labute approximate surface area is 179 Å². The predicted octanol–water partition coefficient (Wildman–Crippen LogP) is 4.95. The molecule has 1 saturated heterocycles. The van der Waals surface area contributed by atoms with Crippen LogP contribution in [0, 0.1) is 0 Å². The topological polar surface area (TPSA) is 79.7 Å². The number of nitrogens with zero attached hydrogens (tertiary/aromatic N) is 2. The van der Waals surface area contributed by atoms with Gasteiger partial charge in [0.1, 0.15) is 6.61 Å². The molecule has 0 aliphatic carbocycles. The number of halogens is 1. The molecule has 1 fully saturated rings. The quantitative estimate of drug-likeness (QED) is 0.543. The fourth-order valence-corrected chi connectivity index (χ4v) is 4.09. The molecule has 0 bridgehead atoms. The smallest absolute Gasteiger partial charge is 0.293 e. The molecule has 2 heterocycles. The number of rotatable bonds is 4. The van der Waals surface area contributed by atoms with E-state index in [0.29, 0.717) is 14.9 Å². The first-order chi connectivity index (χ1) is 13.9. The van der Waals surface area contributed by atoms with Gasteiger partial charge < -0.3 is 9.84 Å². The van der Waals surface area contributed by atoms with Gasteiger partial charge in [0.05, 0.1) is 10.4 Å². The number of phenolic OH excluding ortho intramolecular Hbond substituents is 1. The predicted molar refractivity (Wildman–Crippen MR) is 116 cm³/mol. The van der Waals surface area contributed by atoms with Crippen LogP contribution < -0.4 is 4.74 Å². The second kappa shape index (κ2) is 7.88. The summed E-state index contributed by atoms with van der Waals surface area (Å²) in [6.07, 6.45) is 3.33. The van der Waals surface area contributed by atoms with Crippen LogP contribution in [0.5, 0.6) is 11.5 Å². The third kappa shape index (κ3) is 3.99. The molecule has 3 aromatic rings. The van der Waals surface area contributed by atoms with Gasteiger partial charge in [0, 0.05) is 28.7 Å². The molecule has 2 aromatic carbocycles. The van der Waals surface area contributed by atoms with Crippen LogP contribution in [0.2, 0.25) is 0 Å². The number of carbonyl (C=O) groups is 2. The monoisotopic (exact) mass is 470 g/mol. The number of likely N-dealkylation sites (N-methyl/N-ethyl adjacent to an activating group) is 1. The summed E-state index contributed by atoms with van der Waals surface area (Å²) in [7, 11) is 1.44. The van der Waals surface area contributed by atoms with Crippen LogP contribution in [-0.4, -0.2) is 33.2 Å². The molecule has 1 aliphatic rings. The molecule has 2 amide bonds. The Bertz CT molecular complexity index is 1180. The number of aromatic nitrogens is 1. The van der Waals surface area contributed by atoms with E-state index in [9.17, 15) is 14.7 Å². The minimum Gasteiger partial charge on any atom is -0.504 e. The normalized spacial score (nSPS) is 15.5. The van der Waals surface area contributed by atoms with Crippen molar-refractivity contribution in [1.82, 2.24) is 9.88 Å². The number of amides is 2. The Morgan fingerprint density at radius 3 is 2.79 bits per heavy atom. The summed E-state index contributed by atoms with van der Waals surface area (Å²) >= 11 is 4.25. The third-order valence-electron chi connectivity index (χ3n) is 4.39. The van der Waals surface area contributed by atoms with Gasteiger partial charge in [-0.3, -0.25) is 19.5 Å². The highest BCUT2D eigenvalue weighted by Gasteiger charge is 2.32. The van der Waals surface area contributed by atoms with E-state index in [1.807, 2.05) is 30.3 Å². The van der Waals surface area contributed by atoms with Gasteiger partial charge in [0.2, 0.25) is 0 Å². The molecule has 146 valence electrons. The van der Waals surface area contributed by atoms with E-state index in [-0.39, 0.29) is 29.3 Å². The van der Waals surface area contributed by atoms with Crippen molar-refractivity contribution in [3.05, 3.63) is 69.2 Å². The number of aromatic hydroxyl groups is 1. The van der Waals surface area contributed by atoms with Gasteiger partial charge in [-0.1, -0.05) is 34.1 Å². The van der Waals surface area contributed by atoms with E-state index in [0.717, 1.165) is 33.1 Å². The van der Waals surface area contributed by atoms with Crippen molar-refractivity contribution >= 4 is 55.8 Å². The van der Waals surface area contributed by atoms with Crippen LogP contribution in [0.1, 0.15) is 11.1 Å². The highest BCUT2D eigenvalue weighted by molar-refractivity contribution is 9.10. The summed E-state index contributed by atoms with van der Waals surface area (Å²) in [6.45, 7) is 0.220. The van der Waals surface area contributed by atoms with Gasteiger partial charge in [-0.15, -0.1) is 0 Å². The number of para-hydroxylation sites is 1. The van der Waals surface area contributed by atoms with Gasteiger partial charge in [0.15, 0.2) is 11.5 Å². The minimum absolute atomic E-state index is 0.0358. The Hall–Kier alpha value is -2.84. The molecule has 0 saturated carbocycles. The summed E-state index contributed by atoms with van der Waals surface area (Å²) in [6, 6.07) is 12.9. The molecule has 29 heavy (non-hydrogen) atoms. The Kier molecular flexibility index (Phi) is 5.29. The minimum atomic E-state index is -0.357. The van der Waals surface area contributed by atoms with E-state index in [2.05, 4.69) is 20.9 Å². The average molecular weight is 471 g/mol. The van der Waals surface area contributed by atoms with Crippen molar-refractivity contribution in [2.45, 2.75) is 6.61 Å². The second-order valence-corrected chi connectivity index (χ2v) is 8.25. The van der Waals surface area contributed by atoms with Crippen LogP contribution in [0.3, 0.4) is 0 Å². The lowest BCUT2D eigenvalue weighted by Crippen LogP contribution is -2.22. The van der Waals surface area contributed by atoms with Crippen LogP contribution >= 0.6 is 27.7 Å². The third-order valence-corrected chi connectivity index (χ3v) is 6.04. The fraction of sp³-hybridized carbons (Fsp3) is 0.0952. The van der Waals surface area contributed by atoms with Crippen LogP contribution in [0.25, 0.3) is 17.0 Å². The maximum Gasteiger partial charge on any atom is 0.293 e. The summed E-state index contributed by atoms with van der Waals surface area (Å²) in [4.78, 5) is 29.6. The highest BCUT2D eigenvalue weighted by Crippen LogP contribution is 2.37. The molecule has 6 nitrogen and oxygen atoms in total. The van der Waals surface area contributed by atoms with Gasteiger partial charge in [-0.2, -0.15) is 0 Å². The van der Waals surface area contributed by atoms with Crippen molar-refractivity contribution in [3.63, 3.8) is 0 Å². The number of hydrogen-bond donors (Lipinski definition) is 1. The molecule has 1 aliphatic heterocycles. The number of imide groups is 1. The zero-order chi connectivity index (χ0) is 20.5. The van der Waals surface area contributed by atoms with E-state index in [1.54, 1.807) is 18.3 Å². The largest absolute Gasteiger partial charge is 0.504 e. The molecular weight excluding hydrogens is 456 g/mol. The summed E-state index contributed by atoms with van der Waals surface area (Å²) in [5.74, 6) is -0.126. The molecule has 4 rings (SSSR count). The van der Waals surface area contributed by atoms with Gasteiger partial charge in [-0.25, -0.2) is 0 Å². The zero-order valence-corrected chi connectivity index (χ0v) is 17.7. The van der Waals surface area contributed by atoms with Crippen LogP contribution in [0.15, 0.2) is 58.0 Å². The Morgan fingerprint density at radius 2 is 2.03 bits per heavy atom. The molecular formula is C21H15BrN2O4S. The molecule has 0 atom stereocenters. The van der Waals surface area contributed by atoms with E-state index in [4.69, 9.17) is 4.74 Å². The lowest BCUT2D eigenvalue weighted by atomic mass is 10.1. The zero-order valence-electron chi connectivity index (χ0n) is 15.3. The SMILES string of the molecule is CN1C(=O)S/C(=C\c2cc(OCc3cnc4ccccc4c3)c(O)cc2Br)C1=O. The standard InChI is InChI=1S/C21H15BrN2O4S/c1-24-20(26)19(29-21(24)27)8-14-7-18(17(25)9-15(14)22)28-11-12-6-13-4-2-3-5-16(13)23-10-12/h2-10,25H,11H2,1H3/b19-8-. The number of benzene rings is 2. The van der Waals surface area contributed by atoms with Crippen LogP contribution in [-0.2, 0) is 11.4 Å². The Morgan fingerprint density at radius 1 is 1.24 bits per heavy atom. The fourth-order valence-electron chi connectivity index (χ4n) is 2.83. The summed E-state index contributed by atoms with van der Waals surface area (Å²) in [5.41, 5.74) is 2.38. The number of phenols is 1. The molecule has 1 aromatic heterocycles. The van der Waals surface area contributed by atoms with E-state index < -0.39 is 0 Å². The maximum absolute atomic E-state index is 12.1. The lowest BCUT2D eigenvalue weighted by molar-refractivity contribution is -0.121. The van der Waals surface area contributed by atoms with Gasteiger partial charge in [0.25, 0.3) is 11.1 Å². The van der Waals surface area contributed by atoms with Gasteiger partial charge in [-0.05, 0) is 47.7 Å². The second-order valence-electron chi connectivity index (χ2n) is 6.41. The molecule has 0 spiro atoms. The highest BCUT2D eigenvalue weighted by atomic mass is 79.9. The van der Waals surface area contributed by atoms with E-state index >= 15 is 0 Å². The molecule has 0 unspecified atom stereocenters. The van der Waals surface area contributed by atoms with Crippen molar-refractivity contribution in [1.29, 1.82) is 0 Å². The van der Waals surface area contributed by atoms with Crippen molar-refractivity contribution < 1.29 is 19.4 Å². The number of carbonyl (C=O) groups excluding carboxylic acids is 2. The first kappa shape index (κ1) is 19.5. The summed E-state index contributed by atoms with van der Waals surface area (Å²) < 4.78 is 6.37. The van der Waals surface area contributed by atoms with Gasteiger partial charge >= 0.3 is 0 Å². The van der Waals surface area contributed by atoms with E-state index in [1.165, 1.54) is 13.1 Å². The first-order valence-electron chi connectivity index (χ1n) is 8.63. The summed E-state index contributed by atoms with van der Waals surface area (Å²) in [5, 5.41) is 10.9. The maximum atomic E-state index is 12.1. The molecule has 8 heteroatoms. The number of ether oxygens (including phenoxy) is 1. The Balaban J connectivity index is 1.58. The average Bonchev–Trinajstić information content (AvgIpc) is 2.95.